The Kier molecular flexibility index (Phi) is 3.17. The van der Waals surface area contributed by atoms with Crippen molar-refractivity contribution in [3.63, 3.8) is 0 Å². The molecule has 4 heteroatoms. The van der Waals surface area contributed by atoms with Crippen molar-refractivity contribution in [1.82, 2.24) is 10.3 Å². The standard InChI is InChI=1S/C12H15FN2O/c1-2-4-8-7-10(8)15-12(16)9-5-3-6-14-11(9)13/h3,5-6,8,10H,2,4,7H2,1H3,(H,15,16). The van der Waals surface area contributed by atoms with Crippen molar-refractivity contribution >= 4 is 5.91 Å². The molecule has 0 aliphatic heterocycles. The predicted molar refractivity (Wildman–Crippen MR) is 58.5 cm³/mol. The molecule has 1 aromatic rings. The summed E-state index contributed by atoms with van der Waals surface area (Å²) in [4.78, 5) is 15.1. The fraction of sp³-hybridized carbons (Fsp3) is 0.500. The van der Waals surface area contributed by atoms with E-state index < -0.39 is 5.95 Å². The molecule has 1 aliphatic rings. The lowest BCUT2D eigenvalue weighted by atomic mass is 10.2. The van der Waals surface area contributed by atoms with Gasteiger partial charge in [-0.15, -0.1) is 0 Å². The summed E-state index contributed by atoms with van der Waals surface area (Å²) in [6, 6.07) is 3.25. The number of hydrogen-bond donors (Lipinski definition) is 1. The smallest absolute Gasteiger partial charge is 0.256 e. The number of rotatable bonds is 4. The van der Waals surface area contributed by atoms with Crippen LogP contribution < -0.4 is 5.32 Å². The molecule has 0 spiro atoms. The molecular formula is C12H15FN2O. The molecule has 1 aromatic heterocycles. The molecule has 0 radical (unpaired) electrons. The van der Waals surface area contributed by atoms with Crippen molar-refractivity contribution in [1.29, 1.82) is 0 Å². The molecule has 0 saturated heterocycles. The Morgan fingerprint density at radius 2 is 2.50 bits per heavy atom. The summed E-state index contributed by atoms with van der Waals surface area (Å²) in [5.41, 5.74) is 0.0321. The van der Waals surface area contributed by atoms with Gasteiger partial charge in [-0.3, -0.25) is 4.79 Å². The molecule has 1 heterocycles. The Bertz CT molecular complexity index is 394. The normalized spacial score (nSPS) is 22.9. The maximum Gasteiger partial charge on any atom is 0.256 e. The van der Waals surface area contributed by atoms with Gasteiger partial charge in [0.15, 0.2) is 0 Å². The number of nitrogens with one attached hydrogen (secondary N) is 1. The maximum absolute atomic E-state index is 13.2. The highest BCUT2D eigenvalue weighted by atomic mass is 19.1. The number of carbonyl (C=O) groups is 1. The third kappa shape index (κ3) is 2.38. The van der Waals surface area contributed by atoms with Gasteiger partial charge in [0, 0.05) is 12.2 Å². The Morgan fingerprint density at radius 1 is 1.69 bits per heavy atom. The van der Waals surface area contributed by atoms with Gasteiger partial charge in [-0.05, 0) is 30.9 Å². The van der Waals surface area contributed by atoms with Crippen LogP contribution in [0.2, 0.25) is 0 Å². The molecule has 16 heavy (non-hydrogen) atoms. The first-order chi connectivity index (χ1) is 7.72. The van der Waals surface area contributed by atoms with Crippen LogP contribution in [0.3, 0.4) is 0 Å². The van der Waals surface area contributed by atoms with Crippen molar-refractivity contribution in [2.75, 3.05) is 0 Å². The van der Waals surface area contributed by atoms with Crippen molar-refractivity contribution in [2.24, 2.45) is 5.92 Å². The van der Waals surface area contributed by atoms with Gasteiger partial charge in [0.2, 0.25) is 5.95 Å². The van der Waals surface area contributed by atoms with Crippen molar-refractivity contribution < 1.29 is 9.18 Å². The van der Waals surface area contributed by atoms with E-state index in [0.717, 1.165) is 19.3 Å². The van der Waals surface area contributed by atoms with Crippen LogP contribution in [0.5, 0.6) is 0 Å². The van der Waals surface area contributed by atoms with Gasteiger partial charge in [-0.25, -0.2) is 4.98 Å². The highest BCUT2D eigenvalue weighted by molar-refractivity contribution is 5.94. The van der Waals surface area contributed by atoms with Gasteiger partial charge < -0.3 is 5.32 Å². The van der Waals surface area contributed by atoms with E-state index in [2.05, 4.69) is 17.2 Å². The van der Waals surface area contributed by atoms with Crippen LogP contribution in [-0.4, -0.2) is 16.9 Å². The molecule has 1 amide bonds. The van der Waals surface area contributed by atoms with Crippen molar-refractivity contribution in [2.45, 2.75) is 32.2 Å². The van der Waals surface area contributed by atoms with E-state index in [0.29, 0.717) is 5.92 Å². The Morgan fingerprint density at radius 3 is 3.19 bits per heavy atom. The second kappa shape index (κ2) is 4.60. The summed E-state index contributed by atoms with van der Waals surface area (Å²) in [6.07, 6.45) is 4.60. The van der Waals surface area contributed by atoms with Crippen LogP contribution in [0.4, 0.5) is 4.39 Å². The Hall–Kier alpha value is -1.45. The van der Waals surface area contributed by atoms with Crippen LogP contribution in [0, 0.1) is 11.9 Å². The third-order valence-corrected chi connectivity index (χ3v) is 2.90. The summed E-state index contributed by atoms with van der Waals surface area (Å²) in [6.45, 7) is 2.12. The minimum absolute atomic E-state index is 0.0321. The van der Waals surface area contributed by atoms with E-state index in [-0.39, 0.29) is 17.5 Å². The second-order valence-electron chi connectivity index (χ2n) is 4.21. The van der Waals surface area contributed by atoms with Gasteiger partial charge in [-0.1, -0.05) is 13.3 Å². The first kappa shape index (κ1) is 11.0. The monoisotopic (exact) mass is 222 g/mol. The minimum atomic E-state index is -0.701. The highest BCUT2D eigenvalue weighted by Gasteiger charge is 2.37. The number of aromatic nitrogens is 1. The van der Waals surface area contributed by atoms with E-state index in [1.54, 1.807) is 6.07 Å². The van der Waals surface area contributed by atoms with Gasteiger partial charge >= 0.3 is 0 Å². The lowest BCUT2D eigenvalue weighted by Crippen LogP contribution is -2.27. The molecule has 2 atom stereocenters. The molecule has 1 fully saturated rings. The number of halogens is 1. The average molecular weight is 222 g/mol. The summed E-state index contributed by atoms with van der Waals surface area (Å²) in [5.74, 6) is -0.476. The van der Waals surface area contributed by atoms with E-state index in [1.165, 1.54) is 12.3 Å². The molecule has 1 aliphatic carbocycles. The average Bonchev–Trinajstić information content (AvgIpc) is 2.97. The largest absolute Gasteiger partial charge is 0.349 e. The SMILES string of the molecule is CCCC1CC1NC(=O)c1cccnc1F. The molecule has 1 saturated carbocycles. The van der Waals surface area contributed by atoms with E-state index in [4.69, 9.17) is 0 Å². The van der Waals surface area contributed by atoms with Crippen LogP contribution in [0.1, 0.15) is 36.5 Å². The molecule has 2 rings (SSSR count). The Balaban J connectivity index is 1.92. The molecule has 0 aromatic carbocycles. The first-order valence-electron chi connectivity index (χ1n) is 5.63. The highest BCUT2D eigenvalue weighted by Crippen LogP contribution is 2.34. The zero-order chi connectivity index (χ0) is 11.5. The van der Waals surface area contributed by atoms with E-state index in [1.807, 2.05) is 0 Å². The number of amides is 1. The Labute approximate surface area is 94.1 Å². The fourth-order valence-corrected chi connectivity index (χ4v) is 1.92. The summed E-state index contributed by atoms with van der Waals surface area (Å²) in [5, 5.41) is 2.83. The van der Waals surface area contributed by atoms with Crippen LogP contribution >= 0.6 is 0 Å². The second-order valence-corrected chi connectivity index (χ2v) is 4.21. The lowest BCUT2D eigenvalue weighted by Gasteiger charge is -2.04. The van der Waals surface area contributed by atoms with Crippen molar-refractivity contribution in [3.8, 4) is 0 Å². The molecule has 0 bridgehead atoms. The van der Waals surface area contributed by atoms with Crippen molar-refractivity contribution in [3.05, 3.63) is 29.8 Å². The zero-order valence-electron chi connectivity index (χ0n) is 9.24. The zero-order valence-corrected chi connectivity index (χ0v) is 9.24. The van der Waals surface area contributed by atoms with Gasteiger partial charge in [-0.2, -0.15) is 4.39 Å². The van der Waals surface area contributed by atoms with Gasteiger partial charge in [0.05, 0.1) is 5.56 Å². The summed E-state index contributed by atoms with van der Waals surface area (Å²) < 4.78 is 13.2. The van der Waals surface area contributed by atoms with E-state index in [9.17, 15) is 9.18 Å². The molecular weight excluding hydrogens is 207 g/mol. The van der Waals surface area contributed by atoms with Gasteiger partial charge in [0.25, 0.3) is 5.91 Å². The summed E-state index contributed by atoms with van der Waals surface area (Å²) >= 11 is 0. The minimum Gasteiger partial charge on any atom is -0.349 e. The fourth-order valence-electron chi connectivity index (χ4n) is 1.92. The van der Waals surface area contributed by atoms with E-state index >= 15 is 0 Å². The number of nitrogens with zero attached hydrogens (tertiary/aromatic N) is 1. The van der Waals surface area contributed by atoms with Crippen LogP contribution in [-0.2, 0) is 0 Å². The topological polar surface area (TPSA) is 42.0 Å². The summed E-state index contributed by atoms with van der Waals surface area (Å²) in [7, 11) is 0. The molecule has 2 unspecified atom stereocenters. The molecule has 3 nitrogen and oxygen atoms in total. The number of hydrogen-bond acceptors (Lipinski definition) is 2. The maximum atomic E-state index is 13.2. The predicted octanol–water partition coefficient (Wildman–Crippen LogP) is 2.14. The van der Waals surface area contributed by atoms with Gasteiger partial charge in [0.1, 0.15) is 0 Å². The number of carbonyl (C=O) groups excluding carboxylic acids is 1. The first-order valence-corrected chi connectivity index (χ1v) is 5.63. The lowest BCUT2D eigenvalue weighted by molar-refractivity contribution is 0.0944. The van der Waals surface area contributed by atoms with Crippen LogP contribution in [0.25, 0.3) is 0 Å². The molecule has 1 N–H and O–H groups in total. The number of pyridine rings is 1. The molecule has 86 valence electrons. The third-order valence-electron chi connectivity index (χ3n) is 2.90. The quantitative estimate of drug-likeness (QED) is 0.793. The van der Waals surface area contributed by atoms with Crippen LogP contribution in [0.15, 0.2) is 18.3 Å².